The Morgan fingerprint density at radius 1 is 0.931 bits per heavy atom. The Labute approximate surface area is 170 Å². The largest absolute Gasteiger partial charge is 0.455 e. The molecule has 2 bridgehead atoms. The van der Waals surface area contributed by atoms with Gasteiger partial charge in [-0.05, 0) is 50.2 Å². The van der Waals surface area contributed by atoms with Crippen molar-refractivity contribution in [3.8, 4) is 0 Å². The Kier molecular flexibility index (Phi) is 5.47. The van der Waals surface area contributed by atoms with Crippen molar-refractivity contribution in [3.05, 3.63) is 65.7 Å². The molecule has 0 radical (unpaired) electrons. The van der Waals surface area contributed by atoms with Gasteiger partial charge in [-0.25, -0.2) is 0 Å². The SMILES string of the molecule is Cc1ccc(NC(=O)COC(=O)[C@H]2[C@@H]3CC[C@H](C3)[C@@H]2C(=O)c2ccccc2)cc1. The standard InChI is InChI=1S/C24H25NO4/c1-15-7-11-19(12-8-15)25-20(26)14-29-24(28)22-18-10-9-17(13-18)21(22)23(27)16-5-3-2-4-6-16/h2-8,11-12,17-18,21-22H,9-10,13-14H2,1H3,(H,25,26)/t17-,18-,21+,22+/m1/s1. The summed E-state index contributed by atoms with van der Waals surface area (Å²) in [4.78, 5) is 38.1. The van der Waals surface area contributed by atoms with Crippen LogP contribution in [0.3, 0.4) is 0 Å². The Balaban J connectivity index is 1.39. The number of Topliss-reactive ketones (excluding diaryl/α,β-unsaturated/α-hetero) is 1. The topological polar surface area (TPSA) is 72.5 Å². The van der Waals surface area contributed by atoms with Gasteiger partial charge >= 0.3 is 5.97 Å². The first-order valence-electron chi connectivity index (χ1n) is 10.2. The van der Waals surface area contributed by atoms with E-state index >= 15 is 0 Å². The summed E-state index contributed by atoms with van der Waals surface area (Å²) in [5.41, 5.74) is 2.40. The summed E-state index contributed by atoms with van der Waals surface area (Å²) in [6.45, 7) is 1.63. The highest BCUT2D eigenvalue weighted by molar-refractivity contribution is 6.01. The number of carbonyl (C=O) groups is 3. The molecule has 4 atom stereocenters. The van der Waals surface area contributed by atoms with Gasteiger partial charge in [0.2, 0.25) is 0 Å². The smallest absolute Gasteiger partial charge is 0.310 e. The summed E-state index contributed by atoms with van der Waals surface area (Å²) in [5, 5.41) is 2.73. The molecule has 1 N–H and O–H groups in total. The zero-order valence-corrected chi connectivity index (χ0v) is 16.5. The number of hydrogen-bond donors (Lipinski definition) is 1. The molecule has 29 heavy (non-hydrogen) atoms. The van der Waals surface area contributed by atoms with E-state index in [0.29, 0.717) is 11.3 Å². The summed E-state index contributed by atoms with van der Waals surface area (Å²) in [6, 6.07) is 16.5. The maximum Gasteiger partial charge on any atom is 0.310 e. The van der Waals surface area contributed by atoms with Crippen LogP contribution in [0.1, 0.15) is 35.2 Å². The van der Waals surface area contributed by atoms with Gasteiger partial charge < -0.3 is 10.1 Å². The molecule has 2 saturated carbocycles. The molecule has 2 fully saturated rings. The third-order valence-corrected chi connectivity index (χ3v) is 6.23. The van der Waals surface area contributed by atoms with Crippen LogP contribution in [0.4, 0.5) is 5.69 Å². The Bertz CT molecular complexity index is 906. The predicted octanol–water partition coefficient (Wildman–Crippen LogP) is 4.02. The average molecular weight is 391 g/mol. The highest BCUT2D eigenvalue weighted by atomic mass is 16.5. The first kappa shape index (κ1) is 19.4. The third kappa shape index (κ3) is 4.09. The van der Waals surface area contributed by atoms with Crippen LogP contribution in [0, 0.1) is 30.6 Å². The van der Waals surface area contributed by atoms with Gasteiger partial charge in [0.1, 0.15) is 0 Å². The number of nitrogens with one attached hydrogen (secondary N) is 1. The second-order valence-corrected chi connectivity index (χ2v) is 8.14. The van der Waals surface area contributed by atoms with E-state index in [4.69, 9.17) is 4.74 Å². The molecule has 5 heteroatoms. The summed E-state index contributed by atoms with van der Waals surface area (Å²) in [7, 11) is 0. The van der Waals surface area contributed by atoms with Gasteiger partial charge in [-0.2, -0.15) is 0 Å². The molecule has 2 aliphatic carbocycles. The number of fused-ring (bicyclic) bond motifs is 2. The summed E-state index contributed by atoms with van der Waals surface area (Å²) in [5.74, 6) is -1.18. The second-order valence-electron chi connectivity index (χ2n) is 8.14. The van der Waals surface area contributed by atoms with Crippen LogP contribution in [-0.2, 0) is 14.3 Å². The van der Waals surface area contributed by atoms with E-state index < -0.39 is 11.9 Å². The normalized spacial score (nSPS) is 24.9. The Morgan fingerprint density at radius 2 is 1.59 bits per heavy atom. The van der Waals surface area contributed by atoms with Gasteiger partial charge in [0.05, 0.1) is 5.92 Å². The van der Waals surface area contributed by atoms with Crippen molar-refractivity contribution in [2.45, 2.75) is 26.2 Å². The van der Waals surface area contributed by atoms with Crippen LogP contribution in [0.25, 0.3) is 0 Å². The summed E-state index contributed by atoms with van der Waals surface area (Å²) < 4.78 is 5.35. The second kappa shape index (κ2) is 8.19. The lowest BCUT2D eigenvalue weighted by Crippen LogP contribution is -2.37. The molecule has 2 aromatic carbocycles. The molecule has 4 rings (SSSR count). The van der Waals surface area contributed by atoms with Crippen molar-refractivity contribution in [1.82, 2.24) is 0 Å². The molecule has 2 aliphatic rings. The van der Waals surface area contributed by atoms with Gasteiger partial charge in [0.15, 0.2) is 12.4 Å². The Hall–Kier alpha value is -2.95. The van der Waals surface area contributed by atoms with Gasteiger partial charge in [0.25, 0.3) is 5.91 Å². The van der Waals surface area contributed by atoms with Crippen LogP contribution in [-0.4, -0.2) is 24.3 Å². The molecule has 0 saturated heterocycles. The van der Waals surface area contributed by atoms with Gasteiger partial charge in [0, 0.05) is 17.2 Å². The molecule has 0 spiro atoms. The number of carbonyl (C=O) groups excluding carboxylic acids is 3. The monoisotopic (exact) mass is 391 g/mol. The number of rotatable bonds is 6. The van der Waals surface area contributed by atoms with E-state index in [2.05, 4.69) is 5.32 Å². The van der Waals surface area contributed by atoms with Gasteiger partial charge in [-0.15, -0.1) is 0 Å². The fourth-order valence-electron chi connectivity index (χ4n) is 4.87. The molecule has 1 amide bonds. The van der Waals surface area contributed by atoms with E-state index in [-0.39, 0.29) is 36.1 Å². The molecule has 5 nitrogen and oxygen atoms in total. The first-order chi connectivity index (χ1) is 14.0. The number of benzene rings is 2. The lowest BCUT2D eigenvalue weighted by molar-refractivity contribution is -0.154. The molecule has 0 aromatic heterocycles. The van der Waals surface area contributed by atoms with Crippen molar-refractivity contribution >= 4 is 23.3 Å². The van der Waals surface area contributed by atoms with Crippen molar-refractivity contribution in [2.75, 3.05) is 11.9 Å². The lowest BCUT2D eigenvalue weighted by atomic mass is 9.75. The summed E-state index contributed by atoms with van der Waals surface area (Å²) >= 11 is 0. The van der Waals surface area contributed by atoms with Crippen LogP contribution < -0.4 is 5.32 Å². The maximum atomic E-state index is 13.1. The fourth-order valence-corrected chi connectivity index (χ4v) is 4.87. The van der Waals surface area contributed by atoms with E-state index in [0.717, 1.165) is 24.8 Å². The molecular formula is C24H25NO4. The molecule has 150 valence electrons. The number of aryl methyl sites for hydroxylation is 1. The summed E-state index contributed by atoms with van der Waals surface area (Å²) in [6.07, 6.45) is 2.81. The zero-order chi connectivity index (χ0) is 20.4. The number of anilines is 1. The molecule has 0 heterocycles. The van der Waals surface area contributed by atoms with E-state index in [1.807, 2.05) is 37.3 Å². The van der Waals surface area contributed by atoms with Crippen molar-refractivity contribution < 1.29 is 19.1 Å². The fraction of sp³-hybridized carbons (Fsp3) is 0.375. The van der Waals surface area contributed by atoms with Crippen LogP contribution >= 0.6 is 0 Å². The Morgan fingerprint density at radius 3 is 2.28 bits per heavy atom. The lowest BCUT2D eigenvalue weighted by Gasteiger charge is -2.28. The van der Waals surface area contributed by atoms with Gasteiger partial charge in [-0.1, -0.05) is 48.0 Å². The number of ketones is 1. The predicted molar refractivity (Wildman–Crippen MR) is 109 cm³/mol. The van der Waals surface area contributed by atoms with E-state index in [1.165, 1.54) is 0 Å². The molecule has 2 aromatic rings. The molecule has 0 aliphatic heterocycles. The average Bonchev–Trinajstić information content (AvgIpc) is 3.35. The molecule has 0 unspecified atom stereocenters. The number of amides is 1. The number of hydrogen-bond acceptors (Lipinski definition) is 4. The number of esters is 1. The zero-order valence-electron chi connectivity index (χ0n) is 16.5. The van der Waals surface area contributed by atoms with Crippen molar-refractivity contribution in [2.24, 2.45) is 23.7 Å². The van der Waals surface area contributed by atoms with Crippen LogP contribution in [0.15, 0.2) is 54.6 Å². The van der Waals surface area contributed by atoms with Gasteiger partial charge in [-0.3, -0.25) is 14.4 Å². The highest BCUT2D eigenvalue weighted by Crippen LogP contribution is 2.53. The minimum atomic E-state index is -0.450. The van der Waals surface area contributed by atoms with Crippen molar-refractivity contribution in [3.63, 3.8) is 0 Å². The quantitative estimate of drug-likeness (QED) is 0.596. The minimum absolute atomic E-state index is 0.0175. The first-order valence-corrected chi connectivity index (χ1v) is 10.2. The molecular weight excluding hydrogens is 366 g/mol. The minimum Gasteiger partial charge on any atom is -0.455 e. The highest BCUT2D eigenvalue weighted by Gasteiger charge is 2.54. The van der Waals surface area contributed by atoms with Crippen LogP contribution in [0.2, 0.25) is 0 Å². The number of ether oxygens (including phenoxy) is 1. The third-order valence-electron chi connectivity index (χ3n) is 6.23. The van der Waals surface area contributed by atoms with Crippen LogP contribution in [0.5, 0.6) is 0 Å². The van der Waals surface area contributed by atoms with E-state index in [1.54, 1.807) is 24.3 Å². The van der Waals surface area contributed by atoms with Crippen molar-refractivity contribution in [1.29, 1.82) is 0 Å². The van der Waals surface area contributed by atoms with E-state index in [9.17, 15) is 14.4 Å². The maximum absolute atomic E-state index is 13.1.